The number of carbonyl (C=O) groups is 1. The maximum absolute atomic E-state index is 13.1. The van der Waals surface area contributed by atoms with Gasteiger partial charge in [0.25, 0.3) is 0 Å². The molecule has 2 aromatic carbocycles. The van der Waals surface area contributed by atoms with Gasteiger partial charge in [0.1, 0.15) is 0 Å². The van der Waals surface area contributed by atoms with Crippen molar-refractivity contribution in [1.82, 2.24) is 14.7 Å². The maximum atomic E-state index is 13.1. The van der Waals surface area contributed by atoms with E-state index in [-0.39, 0.29) is 5.91 Å². The van der Waals surface area contributed by atoms with Gasteiger partial charge in [-0.1, -0.05) is 87.9 Å². The summed E-state index contributed by atoms with van der Waals surface area (Å²) >= 11 is 0. The van der Waals surface area contributed by atoms with Crippen molar-refractivity contribution in [2.45, 2.75) is 79.3 Å². The molecule has 4 heteroatoms. The molecular weight excluding hydrogens is 502 g/mol. The Morgan fingerprint density at radius 2 is 1.83 bits per heavy atom. The summed E-state index contributed by atoms with van der Waals surface area (Å²) in [7, 11) is 0. The molecule has 0 radical (unpaired) electrons. The molecule has 2 aliphatic rings. The Labute approximate surface area is 250 Å². The summed E-state index contributed by atoms with van der Waals surface area (Å²) in [5.74, 6) is 2.97. The molecule has 4 nitrogen and oxygen atoms in total. The first-order chi connectivity index (χ1) is 20.0. The highest BCUT2D eigenvalue weighted by Crippen LogP contribution is 2.31. The number of carbonyl (C=O) groups excluding carboxylic acids is 1. The Hall–Kier alpha value is -3.13. The normalized spacial score (nSPS) is 16.7. The summed E-state index contributed by atoms with van der Waals surface area (Å²) in [4.78, 5) is 20.0. The lowest BCUT2D eigenvalue weighted by Gasteiger charge is -2.39. The van der Waals surface area contributed by atoms with Crippen molar-refractivity contribution in [3.8, 4) is 23.5 Å². The van der Waals surface area contributed by atoms with Crippen LogP contribution in [0.3, 0.4) is 0 Å². The Morgan fingerprint density at radius 1 is 1.05 bits per heavy atom. The fourth-order valence-corrected chi connectivity index (χ4v) is 5.97. The van der Waals surface area contributed by atoms with Crippen LogP contribution in [-0.4, -0.2) is 65.9 Å². The van der Waals surface area contributed by atoms with Crippen molar-refractivity contribution in [3.63, 3.8) is 0 Å². The number of terminal acetylenes is 1. The van der Waals surface area contributed by atoms with Crippen LogP contribution in [0.1, 0.15) is 76.1 Å². The van der Waals surface area contributed by atoms with Crippen molar-refractivity contribution < 1.29 is 4.79 Å². The standard InChI is InChI=1S/C35H45N3O.C2H6/c1-5-8-10-13-29-14-11-16-34(33(29)15-9-6-2)31-17-18-32-26-36(20-19-30(32)25-31)27-35(39)38-23-21-37(22-24-38)28(4)12-7-3;1-2/h1,6,9-11,13-14,16-18,25,28H,7-8,12,15,19-24,26-27H2,2-4H3;1-2H3/b9-6+,13-10+;. The van der Waals surface area contributed by atoms with E-state index in [1.165, 1.54) is 46.2 Å². The van der Waals surface area contributed by atoms with Crippen molar-refractivity contribution >= 4 is 12.0 Å². The van der Waals surface area contributed by atoms with Crippen LogP contribution in [0.2, 0.25) is 0 Å². The summed E-state index contributed by atoms with van der Waals surface area (Å²) in [5, 5.41) is 0. The molecule has 1 fully saturated rings. The van der Waals surface area contributed by atoms with Gasteiger partial charge in [-0.3, -0.25) is 14.6 Å². The summed E-state index contributed by atoms with van der Waals surface area (Å²) in [6.07, 6.45) is 19.0. The quantitative estimate of drug-likeness (QED) is 0.229. The van der Waals surface area contributed by atoms with Crippen LogP contribution in [0.15, 0.2) is 54.6 Å². The first kappa shape index (κ1) is 32.4. The molecule has 1 amide bonds. The van der Waals surface area contributed by atoms with E-state index in [1.54, 1.807) is 0 Å². The molecule has 41 heavy (non-hydrogen) atoms. The number of hydrogen-bond donors (Lipinski definition) is 0. The molecule has 0 aliphatic carbocycles. The van der Waals surface area contributed by atoms with Gasteiger partial charge in [-0.05, 0) is 66.5 Å². The second kappa shape index (κ2) is 17.0. The predicted molar refractivity (Wildman–Crippen MR) is 176 cm³/mol. The van der Waals surface area contributed by atoms with E-state index < -0.39 is 0 Å². The highest BCUT2D eigenvalue weighted by Gasteiger charge is 2.26. The first-order valence-corrected chi connectivity index (χ1v) is 15.7. The van der Waals surface area contributed by atoms with Crippen LogP contribution in [-0.2, 0) is 24.2 Å². The Kier molecular flexibility index (Phi) is 13.4. The zero-order valence-corrected chi connectivity index (χ0v) is 26.2. The summed E-state index contributed by atoms with van der Waals surface area (Å²) in [5.41, 5.74) is 7.85. The molecule has 0 saturated carbocycles. The molecule has 1 saturated heterocycles. The molecular formula is C37H51N3O. The second-order valence-corrected chi connectivity index (χ2v) is 11.0. The van der Waals surface area contributed by atoms with Gasteiger partial charge in [0, 0.05) is 51.7 Å². The van der Waals surface area contributed by atoms with E-state index in [0.717, 1.165) is 52.1 Å². The van der Waals surface area contributed by atoms with Gasteiger partial charge >= 0.3 is 0 Å². The number of benzene rings is 2. The van der Waals surface area contributed by atoms with Crippen molar-refractivity contribution in [1.29, 1.82) is 0 Å². The van der Waals surface area contributed by atoms with E-state index in [4.69, 9.17) is 6.42 Å². The molecule has 0 N–H and O–H groups in total. The number of amides is 1. The molecule has 2 aliphatic heterocycles. The highest BCUT2D eigenvalue weighted by atomic mass is 16.2. The van der Waals surface area contributed by atoms with E-state index >= 15 is 0 Å². The van der Waals surface area contributed by atoms with Crippen LogP contribution < -0.4 is 0 Å². The third kappa shape index (κ3) is 8.93. The molecule has 2 aromatic rings. The SMILES string of the molecule is C#CC/C=C/c1cccc(-c2ccc3c(c2)CCN(CC(=O)N2CCN(C(C)CCC)CC2)C3)c1C/C=C/C.CC. The Balaban J connectivity index is 0.00000226. The van der Waals surface area contributed by atoms with Gasteiger partial charge in [-0.2, -0.15) is 0 Å². The second-order valence-electron chi connectivity index (χ2n) is 11.0. The monoisotopic (exact) mass is 553 g/mol. The number of rotatable bonds is 10. The van der Waals surface area contributed by atoms with Gasteiger partial charge in [-0.15, -0.1) is 12.3 Å². The predicted octanol–water partition coefficient (Wildman–Crippen LogP) is 7.23. The third-order valence-corrected chi connectivity index (χ3v) is 8.27. The van der Waals surface area contributed by atoms with Crippen LogP contribution in [0.5, 0.6) is 0 Å². The van der Waals surface area contributed by atoms with Gasteiger partial charge in [0.05, 0.1) is 6.54 Å². The fraction of sp³-hybridized carbons (Fsp3) is 0.486. The molecule has 2 heterocycles. The van der Waals surface area contributed by atoms with Crippen LogP contribution >= 0.6 is 0 Å². The Bertz CT molecular complexity index is 1210. The number of nitrogens with zero attached hydrogens (tertiary/aromatic N) is 3. The van der Waals surface area contributed by atoms with Crippen LogP contribution in [0.4, 0.5) is 0 Å². The zero-order chi connectivity index (χ0) is 29.6. The number of piperazine rings is 1. The molecule has 0 aromatic heterocycles. The van der Waals surface area contributed by atoms with Crippen molar-refractivity contribution in [2.24, 2.45) is 0 Å². The highest BCUT2D eigenvalue weighted by molar-refractivity contribution is 5.78. The fourth-order valence-electron chi connectivity index (χ4n) is 5.97. The lowest BCUT2D eigenvalue weighted by molar-refractivity contribution is -0.134. The van der Waals surface area contributed by atoms with Gasteiger partial charge in [-0.25, -0.2) is 0 Å². The van der Waals surface area contributed by atoms with E-state index in [9.17, 15) is 4.79 Å². The first-order valence-electron chi connectivity index (χ1n) is 15.7. The molecule has 1 atom stereocenters. The molecule has 1 unspecified atom stereocenters. The topological polar surface area (TPSA) is 26.8 Å². The van der Waals surface area contributed by atoms with E-state index in [0.29, 0.717) is 19.0 Å². The van der Waals surface area contributed by atoms with Gasteiger partial charge < -0.3 is 4.90 Å². The smallest absolute Gasteiger partial charge is 0.236 e. The van der Waals surface area contributed by atoms with Crippen molar-refractivity contribution in [3.05, 3.63) is 76.9 Å². The minimum atomic E-state index is 0.279. The van der Waals surface area contributed by atoms with Crippen LogP contribution in [0, 0.1) is 12.3 Å². The lowest BCUT2D eigenvalue weighted by Crippen LogP contribution is -2.53. The number of fused-ring (bicyclic) bond motifs is 1. The molecule has 0 spiro atoms. The summed E-state index contributed by atoms with van der Waals surface area (Å²) < 4.78 is 0. The molecule has 4 rings (SSSR count). The average molecular weight is 554 g/mol. The minimum Gasteiger partial charge on any atom is -0.339 e. The summed E-state index contributed by atoms with van der Waals surface area (Å²) in [6, 6.07) is 14.1. The average Bonchev–Trinajstić information content (AvgIpc) is 3.01. The largest absolute Gasteiger partial charge is 0.339 e. The number of hydrogen-bond acceptors (Lipinski definition) is 3. The maximum Gasteiger partial charge on any atom is 0.236 e. The third-order valence-electron chi connectivity index (χ3n) is 8.27. The summed E-state index contributed by atoms with van der Waals surface area (Å²) in [6.45, 7) is 16.6. The lowest BCUT2D eigenvalue weighted by atomic mass is 9.89. The van der Waals surface area contributed by atoms with Gasteiger partial charge in [0.2, 0.25) is 5.91 Å². The van der Waals surface area contributed by atoms with Gasteiger partial charge in [0.15, 0.2) is 0 Å². The molecule has 220 valence electrons. The Morgan fingerprint density at radius 3 is 2.54 bits per heavy atom. The van der Waals surface area contributed by atoms with E-state index in [2.05, 4.69) is 102 Å². The zero-order valence-electron chi connectivity index (χ0n) is 26.2. The minimum absolute atomic E-state index is 0.279. The molecule has 0 bridgehead atoms. The van der Waals surface area contributed by atoms with Crippen LogP contribution in [0.25, 0.3) is 17.2 Å². The van der Waals surface area contributed by atoms with Crippen molar-refractivity contribution in [2.75, 3.05) is 39.3 Å². The number of allylic oxidation sites excluding steroid dienone is 3. The van der Waals surface area contributed by atoms with E-state index in [1.807, 2.05) is 13.8 Å².